The minimum absolute atomic E-state index is 0.0494. The Morgan fingerprint density at radius 3 is 2.58 bits per heavy atom. The summed E-state index contributed by atoms with van der Waals surface area (Å²) in [6.07, 6.45) is 3.80. The maximum atomic E-state index is 6.02. The molecule has 1 aromatic carbocycles. The number of hydrogen-bond acceptors (Lipinski definition) is 3. The van der Waals surface area contributed by atoms with Crippen LogP contribution in [0.15, 0.2) is 28.4 Å². The van der Waals surface area contributed by atoms with Gasteiger partial charge in [-0.05, 0) is 31.0 Å². The second-order valence-electron chi connectivity index (χ2n) is 4.32. The Hall–Kier alpha value is -1.46. The highest BCUT2D eigenvalue weighted by Crippen LogP contribution is 2.30. The molecule has 1 saturated heterocycles. The van der Waals surface area contributed by atoms with Crippen LogP contribution in [0.1, 0.15) is 12.8 Å². The summed E-state index contributed by atoms with van der Waals surface area (Å²) < 4.78 is 0. The molecule has 2 rings (SSSR count). The normalized spacial score (nSPS) is 19.1. The zero-order valence-electron chi connectivity index (χ0n) is 10.3. The molecule has 102 valence electrons. The van der Waals surface area contributed by atoms with Crippen molar-refractivity contribution in [3.63, 3.8) is 0 Å². The zero-order chi connectivity index (χ0) is 13.8. The van der Waals surface area contributed by atoms with Crippen molar-refractivity contribution in [3.8, 4) is 0 Å². The summed E-state index contributed by atoms with van der Waals surface area (Å²) in [6.45, 7) is 0.926. The summed E-state index contributed by atoms with van der Waals surface area (Å²) in [4.78, 5) is 2.18. The summed E-state index contributed by atoms with van der Waals surface area (Å²) in [7, 11) is 0. The first kappa shape index (κ1) is 14.0. The molecule has 1 heterocycles. The standard InChI is InChI=1S/C12H15Cl2N5/c13-8-4-9(14)6-11(5-8)19-3-1-2-10(19)7-17-18-12(15)16/h4-7,10H,1-3H2,(H4,15,16,18)/b17-7+. The van der Waals surface area contributed by atoms with E-state index in [9.17, 15) is 0 Å². The Morgan fingerprint density at radius 2 is 1.95 bits per heavy atom. The monoisotopic (exact) mass is 299 g/mol. The second-order valence-corrected chi connectivity index (χ2v) is 5.19. The fourth-order valence-electron chi connectivity index (χ4n) is 2.15. The van der Waals surface area contributed by atoms with E-state index in [-0.39, 0.29) is 12.0 Å². The number of rotatable bonds is 3. The van der Waals surface area contributed by atoms with Gasteiger partial charge in [0.15, 0.2) is 0 Å². The molecule has 0 saturated carbocycles. The van der Waals surface area contributed by atoms with E-state index in [0.717, 1.165) is 25.1 Å². The van der Waals surface area contributed by atoms with Crippen LogP contribution in [0.5, 0.6) is 0 Å². The Bertz CT molecular complexity index is 491. The van der Waals surface area contributed by atoms with Crippen LogP contribution in [0, 0.1) is 0 Å². The number of hydrogen-bond donors (Lipinski definition) is 2. The van der Waals surface area contributed by atoms with E-state index in [4.69, 9.17) is 34.7 Å². The van der Waals surface area contributed by atoms with Crippen molar-refractivity contribution >= 4 is 41.1 Å². The molecule has 1 fully saturated rings. The van der Waals surface area contributed by atoms with Crippen molar-refractivity contribution in [2.75, 3.05) is 11.4 Å². The lowest BCUT2D eigenvalue weighted by molar-refractivity contribution is 0.853. The van der Waals surface area contributed by atoms with Gasteiger partial charge in [0, 0.05) is 28.5 Å². The Labute approximate surface area is 121 Å². The molecule has 0 amide bonds. The first-order valence-electron chi connectivity index (χ1n) is 5.91. The van der Waals surface area contributed by atoms with Crippen LogP contribution in [0.3, 0.4) is 0 Å². The molecular weight excluding hydrogens is 285 g/mol. The molecule has 0 radical (unpaired) electrons. The van der Waals surface area contributed by atoms with Gasteiger partial charge in [-0.15, -0.1) is 5.10 Å². The Morgan fingerprint density at radius 1 is 1.26 bits per heavy atom. The van der Waals surface area contributed by atoms with Crippen molar-refractivity contribution in [1.82, 2.24) is 0 Å². The fraction of sp³-hybridized carbons (Fsp3) is 0.333. The van der Waals surface area contributed by atoms with Crippen molar-refractivity contribution in [2.45, 2.75) is 18.9 Å². The van der Waals surface area contributed by atoms with Gasteiger partial charge < -0.3 is 16.4 Å². The zero-order valence-corrected chi connectivity index (χ0v) is 11.8. The van der Waals surface area contributed by atoms with Crippen molar-refractivity contribution < 1.29 is 0 Å². The molecule has 7 heteroatoms. The average Bonchev–Trinajstić information content (AvgIpc) is 2.75. The quantitative estimate of drug-likeness (QED) is 0.510. The van der Waals surface area contributed by atoms with Gasteiger partial charge in [-0.2, -0.15) is 5.10 Å². The van der Waals surface area contributed by atoms with Gasteiger partial charge in [0.05, 0.1) is 6.04 Å². The lowest BCUT2D eigenvalue weighted by atomic mass is 10.2. The average molecular weight is 300 g/mol. The minimum atomic E-state index is -0.0494. The van der Waals surface area contributed by atoms with Crippen LogP contribution < -0.4 is 16.4 Å². The highest BCUT2D eigenvalue weighted by Gasteiger charge is 2.23. The molecule has 4 N–H and O–H groups in total. The van der Waals surface area contributed by atoms with Crippen molar-refractivity contribution in [2.24, 2.45) is 21.7 Å². The first-order valence-corrected chi connectivity index (χ1v) is 6.66. The van der Waals surface area contributed by atoms with Gasteiger partial charge in [-0.1, -0.05) is 23.2 Å². The number of nitrogens with zero attached hydrogens (tertiary/aromatic N) is 3. The predicted molar refractivity (Wildman–Crippen MR) is 81.1 cm³/mol. The van der Waals surface area contributed by atoms with E-state index in [1.807, 2.05) is 12.1 Å². The van der Waals surface area contributed by atoms with Gasteiger partial charge in [-0.25, -0.2) is 0 Å². The molecule has 1 unspecified atom stereocenters. The minimum Gasteiger partial charge on any atom is -0.369 e. The van der Waals surface area contributed by atoms with Gasteiger partial charge in [-0.3, -0.25) is 0 Å². The number of halogens is 2. The van der Waals surface area contributed by atoms with Gasteiger partial charge in [0.1, 0.15) is 0 Å². The summed E-state index contributed by atoms with van der Waals surface area (Å²) in [6, 6.07) is 5.64. The molecule has 0 aliphatic carbocycles. The lowest BCUT2D eigenvalue weighted by Gasteiger charge is -2.24. The van der Waals surface area contributed by atoms with Crippen LogP contribution in [-0.4, -0.2) is 24.8 Å². The molecule has 5 nitrogen and oxygen atoms in total. The van der Waals surface area contributed by atoms with E-state index in [0.29, 0.717) is 10.0 Å². The van der Waals surface area contributed by atoms with Crippen LogP contribution in [0.2, 0.25) is 10.0 Å². The number of nitrogens with two attached hydrogens (primary N) is 2. The van der Waals surface area contributed by atoms with Gasteiger partial charge >= 0.3 is 0 Å². The summed E-state index contributed by atoms with van der Waals surface area (Å²) in [5.41, 5.74) is 11.4. The molecule has 1 aliphatic heterocycles. The maximum absolute atomic E-state index is 6.02. The fourth-order valence-corrected chi connectivity index (χ4v) is 2.66. The topological polar surface area (TPSA) is 80.0 Å². The van der Waals surface area contributed by atoms with Crippen molar-refractivity contribution in [1.29, 1.82) is 0 Å². The van der Waals surface area contributed by atoms with E-state index >= 15 is 0 Å². The molecular formula is C12H15Cl2N5. The third-order valence-electron chi connectivity index (χ3n) is 2.89. The third kappa shape index (κ3) is 3.75. The van der Waals surface area contributed by atoms with Crippen LogP contribution in [0.25, 0.3) is 0 Å². The predicted octanol–water partition coefficient (Wildman–Crippen LogP) is 2.22. The van der Waals surface area contributed by atoms with Crippen LogP contribution >= 0.6 is 23.2 Å². The van der Waals surface area contributed by atoms with E-state index in [1.54, 1.807) is 12.3 Å². The molecule has 0 spiro atoms. The maximum Gasteiger partial charge on any atom is 0.211 e. The SMILES string of the molecule is NC(N)=N/N=C/C1CCCN1c1cc(Cl)cc(Cl)c1. The second kappa shape index (κ2) is 6.12. The van der Waals surface area contributed by atoms with Gasteiger partial charge in [0.25, 0.3) is 0 Å². The Kier molecular flexibility index (Phi) is 4.50. The highest BCUT2D eigenvalue weighted by atomic mass is 35.5. The Balaban J connectivity index is 2.18. The smallest absolute Gasteiger partial charge is 0.211 e. The summed E-state index contributed by atoms with van der Waals surface area (Å²) >= 11 is 12.0. The number of guanidine groups is 1. The van der Waals surface area contributed by atoms with E-state index < -0.39 is 0 Å². The van der Waals surface area contributed by atoms with E-state index in [1.165, 1.54) is 0 Å². The lowest BCUT2D eigenvalue weighted by Crippen LogP contribution is -2.30. The molecule has 1 aromatic rings. The van der Waals surface area contributed by atoms with Crippen LogP contribution in [0.4, 0.5) is 5.69 Å². The largest absolute Gasteiger partial charge is 0.369 e. The van der Waals surface area contributed by atoms with Gasteiger partial charge in [0.2, 0.25) is 5.96 Å². The molecule has 19 heavy (non-hydrogen) atoms. The van der Waals surface area contributed by atoms with Crippen LogP contribution in [-0.2, 0) is 0 Å². The molecule has 0 aromatic heterocycles. The molecule has 1 aliphatic rings. The van der Waals surface area contributed by atoms with Crippen molar-refractivity contribution in [3.05, 3.63) is 28.2 Å². The van der Waals surface area contributed by atoms with E-state index in [2.05, 4.69) is 15.1 Å². The molecule has 1 atom stereocenters. The third-order valence-corrected chi connectivity index (χ3v) is 3.33. The highest BCUT2D eigenvalue weighted by molar-refractivity contribution is 6.35. The number of anilines is 1. The summed E-state index contributed by atoms with van der Waals surface area (Å²) in [5.74, 6) is -0.0494. The summed E-state index contributed by atoms with van der Waals surface area (Å²) in [5, 5.41) is 8.73. The number of benzene rings is 1. The first-order chi connectivity index (χ1) is 9.06. The molecule has 0 bridgehead atoms.